The summed E-state index contributed by atoms with van der Waals surface area (Å²) in [5.41, 5.74) is 0.140. The maximum atomic E-state index is 12.5. The molecule has 28 heavy (non-hydrogen) atoms. The summed E-state index contributed by atoms with van der Waals surface area (Å²) >= 11 is 12.1. The van der Waals surface area contributed by atoms with Crippen molar-refractivity contribution in [1.82, 2.24) is 0 Å². The van der Waals surface area contributed by atoms with Gasteiger partial charge in [-0.3, -0.25) is 14.9 Å². The third-order valence-corrected chi connectivity index (χ3v) is 4.36. The van der Waals surface area contributed by atoms with Crippen LogP contribution in [0.5, 0.6) is 0 Å². The number of carbonyl (C=O) groups excluding carboxylic acids is 1. The fraction of sp³-hybridized carbons (Fsp3) is 0. The molecule has 0 saturated carbocycles. The van der Waals surface area contributed by atoms with Gasteiger partial charge in [-0.1, -0.05) is 35.3 Å². The Labute approximate surface area is 169 Å². The molecular formula is C20H10Cl2N2O4. The first-order valence-electron chi connectivity index (χ1n) is 7.85. The smallest absolute Gasteiger partial charge is 0.270 e. The third-order valence-electron chi connectivity index (χ3n) is 3.79. The average Bonchev–Trinajstić information content (AvgIpc) is 3.16. The Hall–Kier alpha value is -3.40. The second-order valence-electron chi connectivity index (χ2n) is 5.63. The summed E-state index contributed by atoms with van der Waals surface area (Å²) in [7, 11) is 0. The first kappa shape index (κ1) is 19.4. The molecule has 0 unspecified atom stereocenters. The Bertz CT molecular complexity index is 1160. The molecule has 8 heteroatoms. The lowest BCUT2D eigenvalue weighted by Gasteiger charge is -2.01. The SMILES string of the molecule is N#C/C(=C\c1ccc(-c2cc(Cl)ccc2Cl)o1)C(=O)c1cccc([N+](=O)[O-])c1. The van der Waals surface area contributed by atoms with Gasteiger partial charge in [0, 0.05) is 34.4 Å². The number of hydrogen-bond donors (Lipinski definition) is 0. The summed E-state index contributed by atoms with van der Waals surface area (Å²) in [6, 6.07) is 15.1. The third kappa shape index (κ3) is 4.12. The van der Waals surface area contributed by atoms with Crippen molar-refractivity contribution in [2.75, 3.05) is 0 Å². The van der Waals surface area contributed by atoms with Gasteiger partial charge in [0.1, 0.15) is 23.2 Å². The molecule has 0 fully saturated rings. The largest absolute Gasteiger partial charge is 0.457 e. The van der Waals surface area contributed by atoms with Gasteiger partial charge in [-0.2, -0.15) is 5.26 Å². The second kappa shape index (κ2) is 8.09. The van der Waals surface area contributed by atoms with Gasteiger partial charge in [-0.15, -0.1) is 0 Å². The molecule has 6 nitrogen and oxygen atoms in total. The fourth-order valence-electron chi connectivity index (χ4n) is 2.47. The highest BCUT2D eigenvalue weighted by Crippen LogP contribution is 2.32. The highest BCUT2D eigenvalue weighted by molar-refractivity contribution is 6.35. The number of benzene rings is 2. The maximum absolute atomic E-state index is 12.5. The number of nitro benzene ring substituents is 1. The van der Waals surface area contributed by atoms with Crippen LogP contribution in [0.3, 0.4) is 0 Å². The second-order valence-corrected chi connectivity index (χ2v) is 6.48. The highest BCUT2D eigenvalue weighted by atomic mass is 35.5. The molecule has 0 amide bonds. The van der Waals surface area contributed by atoms with Crippen LogP contribution in [0.1, 0.15) is 16.1 Å². The summed E-state index contributed by atoms with van der Waals surface area (Å²) in [4.78, 5) is 22.8. The predicted molar refractivity (Wildman–Crippen MR) is 105 cm³/mol. The van der Waals surface area contributed by atoms with Crippen molar-refractivity contribution < 1.29 is 14.1 Å². The van der Waals surface area contributed by atoms with Crippen LogP contribution in [-0.4, -0.2) is 10.7 Å². The topological polar surface area (TPSA) is 97.1 Å². The Morgan fingerprint density at radius 3 is 2.64 bits per heavy atom. The van der Waals surface area contributed by atoms with Crippen LogP contribution in [0.15, 0.2) is 64.6 Å². The van der Waals surface area contributed by atoms with Crippen molar-refractivity contribution >= 4 is 40.7 Å². The van der Waals surface area contributed by atoms with Gasteiger partial charge in [0.2, 0.25) is 5.78 Å². The van der Waals surface area contributed by atoms with E-state index in [0.717, 1.165) is 6.07 Å². The standard InChI is InChI=1S/C20H10Cl2N2O4/c21-14-4-6-18(22)17(10-14)19-7-5-16(28-19)9-13(11-23)20(25)12-2-1-3-15(8-12)24(26)27/h1-10H/b13-9+. The number of hydrogen-bond acceptors (Lipinski definition) is 5. The van der Waals surface area contributed by atoms with Gasteiger partial charge < -0.3 is 4.42 Å². The molecule has 3 rings (SSSR count). The zero-order valence-corrected chi connectivity index (χ0v) is 15.6. The van der Waals surface area contributed by atoms with E-state index in [4.69, 9.17) is 27.6 Å². The summed E-state index contributed by atoms with van der Waals surface area (Å²) in [5, 5.41) is 21.1. The Morgan fingerprint density at radius 1 is 1.14 bits per heavy atom. The number of nitro groups is 1. The normalized spacial score (nSPS) is 11.1. The van der Waals surface area contributed by atoms with Gasteiger partial charge >= 0.3 is 0 Å². The van der Waals surface area contributed by atoms with Crippen molar-refractivity contribution in [3.8, 4) is 17.4 Å². The van der Waals surface area contributed by atoms with Crippen molar-refractivity contribution in [3.05, 3.63) is 91.7 Å². The molecular weight excluding hydrogens is 403 g/mol. The van der Waals surface area contributed by atoms with E-state index in [9.17, 15) is 20.2 Å². The Morgan fingerprint density at radius 2 is 1.93 bits per heavy atom. The lowest BCUT2D eigenvalue weighted by Crippen LogP contribution is -2.02. The molecule has 0 aliphatic heterocycles. The van der Waals surface area contributed by atoms with E-state index in [-0.39, 0.29) is 22.6 Å². The Balaban J connectivity index is 1.94. The summed E-state index contributed by atoms with van der Waals surface area (Å²) < 4.78 is 5.65. The van der Waals surface area contributed by atoms with Crippen molar-refractivity contribution in [3.63, 3.8) is 0 Å². The number of Topliss-reactive ketones (excluding diaryl/α,β-unsaturated/α-hetero) is 1. The average molecular weight is 413 g/mol. The van der Waals surface area contributed by atoms with E-state index < -0.39 is 10.7 Å². The van der Waals surface area contributed by atoms with Crippen LogP contribution >= 0.6 is 23.2 Å². The monoisotopic (exact) mass is 412 g/mol. The van der Waals surface area contributed by atoms with Crippen LogP contribution in [0.25, 0.3) is 17.4 Å². The molecule has 0 aliphatic rings. The van der Waals surface area contributed by atoms with Crippen molar-refractivity contribution in [2.24, 2.45) is 0 Å². The van der Waals surface area contributed by atoms with Gasteiger partial charge in [0.15, 0.2) is 0 Å². The van der Waals surface area contributed by atoms with Crippen molar-refractivity contribution in [1.29, 1.82) is 5.26 Å². The zero-order valence-electron chi connectivity index (χ0n) is 14.1. The van der Waals surface area contributed by atoms with E-state index in [1.807, 2.05) is 0 Å². The number of carbonyl (C=O) groups is 1. The minimum atomic E-state index is -0.648. The molecule has 0 N–H and O–H groups in total. The number of rotatable bonds is 5. The molecule has 1 heterocycles. The number of ketones is 1. The highest BCUT2D eigenvalue weighted by Gasteiger charge is 2.17. The molecule has 0 spiro atoms. The molecule has 0 aliphatic carbocycles. The molecule has 0 saturated heterocycles. The Kier molecular flexibility index (Phi) is 5.59. The van der Waals surface area contributed by atoms with E-state index in [0.29, 0.717) is 21.4 Å². The molecule has 2 aromatic carbocycles. The van der Waals surface area contributed by atoms with Crippen LogP contribution in [0.4, 0.5) is 5.69 Å². The zero-order chi connectivity index (χ0) is 20.3. The van der Waals surface area contributed by atoms with E-state index >= 15 is 0 Å². The molecule has 3 aromatic rings. The number of non-ortho nitro benzene ring substituents is 1. The molecule has 0 bridgehead atoms. The number of halogens is 2. The van der Waals surface area contributed by atoms with Crippen LogP contribution in [0.2, 0.25) is 10.0 Å². The van der Waals surface area contributed by atoms with E-state index in [2.05, 4.69) is 0 Å². The van der Waals surface area contributed by atoms with Gasteiger partial charge in [-0.05, 0) is 30.3 Å². The number of nitriles is 1. The van der Waals surface area contributed by atoms with Crippen molar-refractivity contribution in [2.45, 2.75) is 0 Å². The van der Waals surface area contributed by atoms with Gasteiger partial charge in [0.25, 0.3) is 5.69 Å². The maximum Gasteiger partial charge on any atom is 0.270 e. The molecule has 138 valence electrons. The van der Waals surface area contributed by atoms with Crippen LogP contribution in [-0.2, 0) is 0 Å². The minimum absolute atomic E-state index is 0.0339. The van der Waals surface area contributed by atoms with Crippen LogP contribution in [0, 0.1) is 21.4 Å². The fourth-order valence-corrected chi connectivity index (χ4v) is 2.85. The lowest BCUT2D eigenvalue weighted by molar-refractivity contribution is -0.384. The van der Waals surface area contributed by atoms with Gasteiger partial charge in [0.05, 0.1) is 9.95 Å². The first-order chi connectivity index (χ1) is 13.4. The quantitative estimate of drug-likeness (QED) is 0.169. The predicted octanol–water partition coefficient (Wildman–Crippen LogP) is 5.95. The number of allylic oxidation sites excluding steroid dienone is 1. The minimum Gasteiger partial charge on any atom is -0.457 e. The van der Waals surface area contributed by atoms with E-state index in [1.165, 1.54) is 24.3 Å². The van der Waals surface area contributed by atoms with Gasteiger partial charge in [-0.25, -0.2) is 0 Å². The first-order valence-corrected chi connectivity index (χ1v) is 8.61. The summed E-state index contributed by atoms with van der Waals surface area (Å²) in [5.74, 6) is 0.0187. The lowest BCUT2D eigenvalue weighted by atomic mass is 10.0. The van der Waals surface area contributed by atoms with E-state index in [1.54, 1.807) is 36.4 Å². The van der Waals surface area contributed by atoms with Crippen LogP contribution < -0.4 is 0 Å². The number of furan rings is 1. The molecule has 1 aromatic heterocycles. The molecule has 0 atom stereocenters. The summed E-state index contributed by atoms with van der Waals surface area (Å²) in [6.45, 7) is 0. The molecule has 0 radical (unpaired) electrons. The number of nitrogens with zero attached hydrogens (tertiary/aromatic N) is 2. The summed E-state index contributed by atoms with van der Waals surface area (Å²) in [6.07, 6.45) is 1.27.